The maximum absolute atomic E-state index is 12.0. The number of rotatable bonds is 5. The zero-order valence-electron chi connectivity index (χ0n) is 9.87. The van der Waals surface area contributed by atoms with Crippen LogP contribution in [0.25, 0.3) is 0 Å². The van der Waals surface area contributed by atoms with Gasteiger partial charge in [0.05, 0.1) is 11.8 Å². The third-order valence-corrected chi connectivity index (χ3v) is 5.31. The van der Waals surface area contributed by atoms with E-state index in [4.69, 9.17) is 5.11 Å². The van der Waals surface area contributed by atoms with Crippen molar-refractivity contribution < 1.29 is 18.3 Å². The van der Waals surface area contributed by atoms with Gasteiger partial charge in [-0.05, 0) is 13.0 Å². The highest BCUT2D eigenvalue weighted by atomic mass is 32.2. The average Bonchev–Trinajstić information content (AvgIpc) is 2.95. The van der Waals surface area contributed by atoms with E-state index in [0.29, 0.717) is 0 Å². The van der Waals surface area contributed by atoms with Gasteiger partial charge in [-0.15, -0.1) is 11.3 Å². The second kappa shape index (κ2) is 5.11. The molecule has 19 heavy (non-hydrogen) atoms. The summed E-state index contributed by atoms with van der Waals surface area (Å²) in [4.78, 5) is 10.7. The Morgan fingerprint density at radius 1 is 1.58 bits per heavy atom. The van der Waals surface area contributed by atoms with E-state index >= 15 is 0 Å². The Morgan fingerprint density at radius 3 is 2.84 bits per heavy atom. The second-order valence-electron chi connectivity index (χ2n) is 3.80. The Bertz CT molecular complexity index is 702. The molecule has 0 aromatic carbocycles. The summed E-state index contributed by atoms with van der Waals surface area (Å²) in [5, 5.41) is 16.5. The SMILES string of the molecule is Cc1[nH]ncc1CNS(=O)(=O)c1cc(C(=O)O)cs1. The zero-order valence-corrected chi connectivity index (χ0v) is 11.5. The molecule has 7 nitrogen and oxygen atoms in total. The third kappa shape index (κ3) is 3.00. The molecule has 3 N–H and O–H groups in total. The fourth-order valence-electron chi connectivity index (χ4n) is 1.37. The molecule has 0 aliphatic heterocycles. The second-order valence-corrected chi connectivity index (χ2v) is 6.71. The van der Waals surface area contributed by atoms with E-state index in [-0.39, 0.29) is 16.3 Å². The van der Waals surface area contributed by atoms with Gasteiger partial charge in [-0.25, -0.2) is 17.9 Å². The molecule has 0 radical (unpaired) electrons. The first-order valence-electron chi connectivity index (χ1n) is 5.20. The van der Waals surface area contributed by atoms with Crippen molar-refractivity contribution in [2.24, 2.45) is 0 Å². The van der Waals surface area contributed by atoms with Crippen LogP contribution in [0.2, 0.25) is 0 Å². The first kappa shape index (κ1) is 13.7. The lowest BCUT2D eigenvalue weighted by Crippen LogP contribution is -2.22. The Balaban J connectivity index is 2.14. The number of nitrogens with one attached hydrogen (secondary N) is 2. The molecular weight excluding hydrogens is 290 g/mol. The number of sulfonamides is 1. The molecule has 2 aromatic rings. The maximum Gasteiger partial charge on any atom is 0.336 e. The highest BCUT2D eigenvalue weighted by molar-refractivity contribution is 7.91. The third-order valence-electron chi connectivity index (χ3n) is 2.47. The van der Waals surface area contributed by atoms with Gasteiger partial charge in [0.2, 0.25) is 10.0 Å². The standard InChI is InChI=1S/C10H11N3O4S2/c1-6-8(3-11-13-6)4-12-19(16,17)9-2-7(5-18-9)10(14)15/h2-3,5,12H,4H2,1H3,(H,11,13)(H,14,15). The summed E-state index contributed by atoms with van der Waals surface area (Å²) >= 11 is 0.871. The molecule has 0 unspecified atom stereocenters. The first-order chi connectivity index (χ1) is 8.90. The number of carbonyl (C=O) groups is 1. The van der Waals surface area contributed by atoms with Crippen LogP contribution in [0.4, 0.5) is 0 Å². The number of H-pyrrole nitrogens is 1. The van der Waals surface area contributed by atoms with E-state index in [1.165, 1.54) is 11.6 Å². The minimum atomic E-state index is -3.70. The number of aryl methyl sites for hydroxylation is 1. The smallest absolute Gasteiger partial charge is 0.336 e. The summed E-state index contributed by atoms with van der Waals surface area (Å²) in [6, 6.07) is 1.14. The number of hydrogen-bond acceptors (Lipinski definition) is 5. The highest BCUT2D eigenvalue weighted by Gasteiger charge is 2.19. The predicted octanol–water partition coefficient (Wildman–Crippen LogP) is 0.956. The number of carboxylic acids is 1. The minimum absolute atomic E-state index is 0.0222. The summed E-state index contributed by atoms with van der Waals surface area (Å²) in [6.07, 6.45) is 1.54. The largest absolute Gasteiger partial charge is 0.478 e. The molecule has 0 aliphatic carbocycles. The quantitative estimate of drug-likeness (QED) is 0.761. The number of thiophene rings is 1. The fraction of sp³-hybridized carbons (Fsp3) is 0.200. The maximum atomic E-state index is 12.0. The molecule has 0 aliphatic rings. The van der Waals surface area contributed by atoms with Crippen molar-refractivity contribution >= 4 is 27.3 Å². The van der Waals surface area contributed by atoms with Gasteiger partial charge >= 0.3 is 5.97 Å². The molecule has 0 fully saturated rings. The van der Waals surface area contributed by atoms with Crippen molar-refractivity contribution in [3.63, 3.8) is 0 Å². The molecule has 0 amide bonds. The van der Waals surface area contributed by atoms with E-state index in [9.17, 15) is 13.2 Å². The van der Waals surface area contributed by atoms with Crippen molar-refractivity contribution in [3.8, 4) is 0 Å². The van der Waals surface area contributed by atoms with Crippen LogP contribution in [0.15, 0.2) is 21.9 Å². The average molecular weight is 301 g/mol. The molecule has 9 heteroatoms. The predicted molar refractivity (Wildman–Crippen MR) is 68.6 cm³/mol. The van der Waals surface area contributed by atoms with Gasteiger partial charge in [0.25, 0.3) is 0 Å². The van der Waals surface area contributed by atoms with Gasteiger partial charge in [0.15, 0.2) is 0 Å². The van der Waals surface area contributed by atoms with Crippen molar-refractivity contribution in [2.75, 3.05) is 0 Å². The van der Waals surface area contributed by atoms with E-state index in [1.807, 2.05) is 0 Å². The van der Waals surface area contributed by atoms with Gasteiger partial charge in [-0.2, -0.15) is 5.10 Å². The van der Waals surface area contributed by atoms with Gasteiger partial charge in [-0.3, -0.25) is 5.10 Å². The molecule has 0 saturated heterocycles. The summed E-state index contributed by atoms with van der Waals surface area (Å²) in [5.41, 5.74) is 1.48. The van der Waals surface area contributed by atoms with Gasteiger partial charge in [0.1, 0.15) is 4.21 Å². The lowest BCUT2D eigenvalue weighted by Gasteiger charge is -2.03. The molecule has 0 saturated carbocycles. The van der Waals surface area contributed by atoms with Crippen molar-refractivity contribution in [3.05, 3.63) is 34.5 Å². The molecule has 2 rings (SSSR count). The Labute approximate surface area is 113 Å². The Hall–Kier alpha value is -1.71. The first-order valence-corrected chi connectivity index (χ1v) is 7.57. The van der Waals surface area contributed by atoms with Crippen LogP contribution in [0.3, 0.4) is 0 Å². The van der Waals surface area contributed by atoms with Crippen LogP contribution in [0.5, 0.6) is 0 Å². The molecule has 2 aromatic heterocycles. The lowest BCUT2D eigenvalue weighted by molar-refractivity contribution is 0.0697. The summed E-state index contributed by atoms with van der Waals surface area (Å²) in [5.74, 6) is -1.15. The number of carboxylic acid groups (broad SMARTS) is 1. The minimum Gasteiger partial charge on any atom is -0.478 e. The van der Waals surface area contributed by atoms with Crippen LogP contribution < -0.4 is 4.72 Å². The van der Waals surface area contributed by atoms with E-state index in [1.54, 1.807) is 6.92 Å². The summed E-state index contributed by atoms with van der Waals surface area (Å²) < 4.78 is 26.3. The number of aromatic carboxylic acids is 1. The van der Waals surface area contributed by atoms with Gasteiger partial charge < -0.3 is 5.11 Å². The number of hydrogen-bond donors (Lipinski definition) is 3. The molecule has 2 heterocycles. The van der Waals surface area contributed by atoms with Crippen molar-refractivity contribution in [1.82, 2.24) is 14.9 Å². The van der Waals surface area contributed by atoms with Crippen LogP contribution in [-0.4, -0.2) is 29.7 Å². The van der Waals surface area contributed by atoms with Crippen molar-refractivity contribution in [1.29, 1.82) is 0 Å². The monoisotopic (exact) mass is 301 g/mol. The fourth-order valence-corrected chi connectivity index (χ4v) is 3.57. The number of aromatic nitrogens is 2. The highest BCUT2D eigenvalue weighted by Crippen LogP contribution is 2.20. The number of aromatic amines is 1. The molecule has 0 bridgehead atoms. The molecule has 0 atom stereocenters. The summed E-state index contributed by atoms with van der Waals surface area (Å²) in [6.45, 7) is 1.88. The van der Waals surface area contributed by atoms with Crippen LogP contribution in [0.1, 0.15) is 21.6 Å². The van der Waals surface area contributed by atoms with Crippen LogP contribution in [-0.2, 0) is 16.6 Å². The molecule has 0 spiro atoms. The van der Waals surface area contributed by atoms with Gasteiger partial charge in [-0.1, -0.05) is 0 Å². The number of nitrogens with zero attached hydrogens (tertiary/aromatic N) is 1. The van der Waals surface area contributed by atoms with Gasteiger partial charge in [0, 0.05) is 23.2 Å². The van der Waals surface area contributed by atoms with E-state index in [0.717, 1.165) is 28.7 Å². The topological polar surface area (TPSA) is 112 Å². The zero-order chi connectivity index (χ0) is 14.0. The van der Waals surface area contributed by atoms with E-state index < -0.39 is 16.0 Å². The van der Waals surface area contributed by atoms with E-state index in [2.05, 4.69) is 14.9 Å². The lowest BCUT2D eigenvalue weighted by atomic mass is 10.3. The summed E-state index contributed by atoms with van der Waals surface area (Å²) in [7, 11) is -3.70. The molecular formula is C10H11N3O4S2. The van der Waals surface area contributed by atoms with Crippen molar-refractivity contribution in [2.45, 2.75) is 17.7 Å². The Morgan fingerprint density at radius 2 is 2.32 bits per heavy atom. The van der Waals surface area contributed by atoms with Crippen LogP contribution in [0, 0.1) is 6.92 Å². The molecule has 102 valence electrons. The Kier molecular flexibility index (Phi) is 3.69. The normalized spacial score (nSPS) is 11.6. The van der Waals surface area contributed by atoms with Crippen LogP contribution >= 0.6 is 11.3 Å².